The van der Waals surface area contributed by atoms with Gasteiger partial charge in [0, 0.05) is 42.8 Å². The van der Waals surface area contributed by atoms with Gasteiger partial charge in [0.15, 0.2) is 0 Å². The summed E-state index contributed by atoms with van der Waals surface area (Å²) in [5.41, 5.74) is 3.34. The number of hydrogen-bond acceptors (Lipinski definition) is 3. The summed E-state index contributed by atoms with van der Waals surface area (Å²) in [6.07, 6.45) is 4.35. The molecular weight excluding hydrogens is 262 g/mol. The molecule has 1 atom stereocenters. The summed E-state index contributed by atoms with van der Waals surface area (Å²) in [4.78, 5) is 18.3. The van der Waals surface area contributed by atoms with E-state index in [1.165, 1.54) is 11.3 Å². The zero-order valence-electron chi connectivity index (χ0n) is 12.1. The first-order chi connectivity index (χ1) is 10.3. The van der Waals surface area contributed by atoms with Gasteiger partial charge < -0.3 is 10.2 Å². The van der Waals surface area contributed by atoms with Crippen LogP contribution in [0.4, 0.5) is 5.69 Å². The van der Waals surface area contributed by atoms with E-state index in [4.69, 9.17) is 0 Å². The fourth-order valence-corrected chi connectivity index (χ4v) is 2.78. The highest BCUT2D eigenvalue weighted by Crippen LogP contribution is 2.28. The lowest BCUT2D eigenvalue weighted by Gasteiger charge is -2.27. The molecule has 4 nitrogen and oxygen atoms in total. The molecule has 2 aromatic rings. The molecule has 0 bridgehead atoms. The first-order valence-corrected chi connectivity index (χ1v) is 7.28. The number of hydrogen-bond donors (Lipinski definition) is 1. The molecule has 1 unspecified atom stereocenters. The minimum absolute atomic E-state index is 0.0447. The molecule has 2 heterocycles. The lowest BCUT2D eigenvalue weighted by molar-refractivity contribution is 0.0951. The van der Waals surface area contributed by atoms with Gasteiger partial charge in [0.2, 0.25) is 0 Å². The lowest BCUT2D eigenvalue weighted by Crippen LogP contribution is -2.41. The molecule has 1 aliphatic heterocycles. The Morgan fingerprint density at radius 1 is 1.29 bits per heavy atom. The number of rotatable bonds is 4. The molecule has 21 heavy (non-hydrogen) atoms. The van der Waals surface area contributed by atoms with Crippen LogP contribution in [0.2, 0.25) is 0 Å². The molecule has 1 amide bonds. The molecule has 1 N–H and O–H groups in total. The summed E-state index contributed by atoms with van der Waals surface area (Å²) in [6.45, 7) is 3.80. The minimum Gasteiger partial charge on any atom is -0.366 e. The molecule has 1 aliphatic rings. The van der Waals surface area contributed by atoms with Crippen molar-refractivity contribution in [1.82, 2.24) is 10.3 Å². The monoisotopic (exact) mass is 281 g/mol. The molecule has 108 valence electrons. The van der Waals surface area contributed by atoms with Crippen LogP contribution in [0.25, 0.3) is 0 Å². The highest BCUT2D eigenvalue weighted by molar-refractivity contribution is 5.94. The van der Waals surface area contributed by atoms with Crippen LogP contribution < -0.4 is 10.2 Å². The fraction of sp³-hybridized carbons (Fsp3) is 0.294. The molecule has 0 saturated carbocycles. The second kappa shape index (κ2) is 5.95. The first kappa shape index (κ1) is 13.6. The van der Waals surface area contributed by atoms with Crippen LogP contribution in [-0.4, -0.2) is 30.0 Å². The van der Waals surface area contributed by atoms with Gasteiger partial charge in [-0.3, -0.25) is 9.78 Å². The van der Waals surface area contributed by atoms with E-state index >= 15 is 0 Å². The first-order valence-electron chi connectivity index (χ1n) is 7.28. The Morgan fingerprint density at radius 3 is 2.86 bits per heavy atom. The minimum atomic E-state index is -0.0447. The SMILES string of the molecule is CC(CNC(=O)c1ccncc1)N1CCc2ccccc21. The number of carbonyl (C=O) groups is 1. The second-order valence-electron chi connectivity index (χ2n) is 5.37. The van der Waals surface area contributed by atoms with E-state index in [0.29, 0.717) is 12.1 Å². The van der Waals surface area contributed by atoms with Crippen molar-refractivity contribution >= 4 is 11.6 Å². The van der Waals surface area contributed by atoms with Gasteiger partial charge in [-0.15, -0.1) is 0 Å². The van der Waals surface area contributed by atoms with E-state index in [1.54, 1.807) is 24.5 Å². The Kier molecular flexibility index (Phi) is 3.86. The molecule has 0 fully saturated rings. The Hall–Kier alpha value is -2.36. The van der Waals surface area contributed by atoms with Crippen molar-refractivity contribution in [2.45, 2.75) is 19.4 Å². The van der Waals surface area contributed by atoms with Crippen molar-refractivity contribution < 1.29 is 4.79 Å². The molecule has 0 saturated heterocycles. The number of pyridine rings is 1. The van der Waals surface area contributed by atoms with Gasteiger partial charge in [0.05, 0.1) is 0 Å². The van der Waals surface area contributed by atoms with E-state index in [0.717, 1.165) is 13.0 Å². The summed E-state index contributed by atoms with van der Waals surface area (Å²) in [7, 11) is 0. The van der Waals surface area contributed by atoms with Crippen LogP contribution in [0.5, 0.6) is 0 Å². The van der Waals surface area contributed by atoms with Crippen LogP contribution in [0.3, 0.4) is 0 Å². The lowest BCUT2D eigenvalue weighted by atomic mass is 10.1. The summed E-state index contributed by atoms with van der Waals surface area (Å²) in [6, 6.07) is 12.2. The Bertz CT molecular complexity index is 627. The number of para-hydroxylation sites is 1. The normalized spacial score (nSPS) is 14.6. The average Bonchev–Trinajstić information content (AvgIpc) is 2.97. The van der Waals surface area contributed by atoms with Crippen molar-refractivity contribution in [1.29, 1.82) is 0 Å². The number of fused-ring (bicyclic) bond motifs is 1. The average molecular weight is 281 g/mol. The smallest absolute Gasteiger partial charge is 0.251 e. The molecular formula is C17H19N3O. The summed E-state index contributed by atoms with van der Waals surface area (Å²) in [5, 5.41) is 3.00. The largest absolute Gasteiger partial charge is 0.366 e. The summed E-state index contributed by atoms with van der Waals surface area (Å²) < 4.78 is 0. The van der Waals surface area contributed by atoms with Crippen molar-refractivity contribution in [2.75, 3.05) is 18.0 Å². The second-order valence-corrected chi connectivity index (χ2v) is 5.37. The number of aromatic nitrogens is 1. The Morgan fingerprint density at radius 2 is 2.05 bits per heavy atom. The third-order valence-corrected chi connectivity index (χ3v) is 3.96. The molecule has 4 heteroatoms. The van der Waals surface area contributed by atoms with Gasteiger partial charge in [0.25, 0.3) is 5.91 Å². The van der Waals surface area contributed by atoms with Crippen molar-refractivity contribution in [3.63, 3.8) is 0 Å². The topological polar surface area (TPSA) is 45.2 Å². The van der Waals surface area contributed by atoms with Gasteiger partial charge in [-0.1, -0.05) is 18.2 Å². The van der Waals surface area contributed by atoms with E-state index < -0.39 is 0 Å². The van der Waals surface area contributed by atoms with E-state index in [9.17, 15) is 4.79 Å². The fourth-order valence-electron chi connectivity index (χ4n) is 2.78. The number of nitrogens with one attached hydrogen (secondary N) is 1. The predicted molar refractivity (Wildman–Crippen MR) is 83.5 cm³/mol. The van der Waals surface area contributed by atoms with E-state index in [-0.39, 0.29) is 11.9 Å². The molecule has 1 aromatic carbocycles. The molecule has 0 radical (unpaired) electrons. The van der Waals surface area contributed by atoms with Gasteiger partial charge in [-0.2, -0.15) is 0 Å². The van der Waals surface area contributed by atoms with Crippen molar-refractivity contribution in [2.24, 2.45) is 0 Å². The number of benzene rings is 1. The Balaban J connectivity index is 1.61. The standard InChI is InChI=1S/C17H19N3O/c1-13(12-19-17(21)15-6-9-18-10-7-15)20-11-8-14-4-2-3-5-16(14)20/h2-7,9-10,13H,8,11-12H2,1H3,(H,19,21). The zero-order valence-corrected chi connectivity index (χ0v) is 12.1. The van der Waals surface area contributed by atoms with Crippen LogP contribution in [0, 0.1) is 0 Å². The number of anilines is 1. The van der Waals surface area contributed by atoms with Gasteiger partial charge in [-0.05, 0) is 37.1 Å². The highest BCUT2D eigenvalue weighted by atomic mass is 16.1. The predicted octanol–water partition coefficient (Wildman–Crippen LogP) is 2.26. The van der Waals surface area contributed by atoms with E-state index in [1.807, 2.05) is 0 Å². The number of carbonyl (C=O) groups excluding carboxylic acids is 1. The molecule has 0 spiro atoms. The molecule has 3 rings (SSSR count). The van der Waals surface area contributed by atoms with Crippen molar-refractivity contribution in [3.8, 4) is 0 Å². The zero-order chi connectivity index (χ0) is 14.7. The van der Waals surface area contributed by atoms with E-state index in [2.05, 4.69) is 46.4 Å². The maximum Gasteiger partial charge on any atom is 0.251 e. The quantitative estimate of drug-likeness (QED) is 0.935. The number of nitrogens with zero attached hydrogens (tertiary/aromatic N) is 2. The van der Waals surface area contributed by atoms with Crippen LogP contribution in [0.15, 0.2) is 48.8 Å². The van der Waals surface area contributed by atoms with Crippen molar-refractivity contribution in [3.05, 3.63) is 59.9 Å². The summed E-state index contributed by atoms with van der Waals surface area (Å²) >= 11 is 0. The highest BCUT2D eigenvalue weighted by Gasteiger charge is 2.23. The van der Waals surface area contributed by atoms with Gasteiger partial charge in [0.1, 0.15) is 0 Å². The molecule has 0 aliphatic carbocycles. The Labute approximate surface area is 124 Å². The third-order valence-electron chi connectivity index (χ3n) is 3.96. The summed E-state index contributed by atoms with van der Waals surface area (Å²) in [5.74, 6) is -0.0447. The van der Waals surface area contributed by atoms with Crippen LogP contribution in [0.1, 0.15) is 22.8 Å². The van der Waals surface area contributed by atoms with Gasteiger partial charge >= 0.3 is 0 Å². The molecule has 1 aromatic heterocycles. The number of amides is 1. The van der Waals surface area contributed by atoms with Gasteiger partial charge in [-0.25, -0.2) is 0 Å². The maximum absolute atomic E-state index is 12.1. The maximum atomic E-state index is 12.1. The third kappa shape index (κ3) is 2.89. The van der Waals surface area contributed by atoms with Crippen LogP contribution in [-0.2, 0) is 6.42 Å². The van der Waals surface area contributed by atoms with Crippen LogP contribution >= 0.6 is 0 Å².